The van der Waals surface area contributed by atoms with Crippen LogP contribution in [0.5, 0.6) is 5.75 Å². The third-order valence-electron chi connectivity index (χ3n) is 5.24. The molecular weight excluding hydrogens is 392 g/mol. The Morgan fingerprint density at radius 3 is 2.00 bits per heavy atom. The van der Waals surface area contributed by atoms with Crippen LogP contribution in [-0.2, 0) is 20.8 Å². The Bertz CT molecular complexity index is 695. The number of rotatable bonds is 11. The van der Waals surface area contributed by atoms with E-state index in [2.05, 4.69) is 23.3 Å². The molecule has 2 unspecified atom stereocenters. The van der Waals surface area contributed by atoms with Crippen LogP contribution in [0.3, 0.4) is 0 Å². The van der Waals surface area contributed by atoms with E-state index in [0.29, 0.717) is 12.0 Å². The van der Waals surface area contributed by atoms with Gasteiger partial charge in [-0.05, 0) is 29.5 Å². The quantitative estimate of drug-likeness (QED) is 0.350. The average molecular weight is 425 g/mol. The summed E-state index contributed by atoms with van der Waals surface area (Å²) >= 11 is 4.36. The Morgan fingerprint density at radius 1 is 0.966 bits per heavy atom. The number of benzene rings is 1. The highest BCUT2D eigenvalue weighted by Gasteiger charge is 2.32. The van der Waals surface area contributed by atoms with Crippen LogP contribution in [0.2, 0.25) is 0 Å². The molecule has 0 radical (unpaired) electrons. The highest BCUT2D eigenvalue weighted by molar-refractivity contribution is 7.81. The number of carbonyl (C=O) groups is 3. The largest absolute Gasteiger partial charge is 0.508 e. The molecule has 162 valence electrons. The molecule has 1 aromatic rings. The number of carbonyl (C=O) groups excluding carboxylic acids is 2. The van der Waals surface area contributed by atoms with Gasteiger partial charge in [-0.1, -0.05) is 52.7 Å². The van der Waals surface area contributed by atoms with Crippen molar-refractivity contribution in [2.24, 2.45) is 11.8 Å². The van der Waals surface area contributed by atoms with Gasteiger partial charge in [0.1, 0.15) is 17.8 Å². The summed E-state index contributed by atoms with van der Waals surface area (Å²) in [7, 11) is 0. The topological polar surface area (TPSA) is 116 Å². The molecule has 8 heteroatoms. The van der Waals surface area contributed by atoms with Crippen molar-refractivity contribution in [1.82, 2.24) is 10.6 Å². The zero-order chi connectivity index (χ0) is 22.1. The van der Waals surface area contributed by atoms with E-state index in [1.807, 2.05) is 27.7 Å². The normalized spacial score (nSPS) is 16.2. The van der Waals surface area contributed by atoms with Crippen LogP contribution in [-0.4, -0.2) is 45.3 Å². The molecule has 0 aliphatic carbocycles. The molecule has 0 saturated carbocycles. The molecule has 1 rings (SSSR count). The number of phenols is 1. The van der Waals surface area contributed by atoms with E-state index in [-0.39, 0.29) is 29.9 Å². The van der Waals surface area contributed by atoms with Crippen molar-refractivity contribution in [1.29, 1.82) is 0 Å². The number of thiol groups is 1. The molecule has 4 N–H and O–H groups in total. The molecule has 0 heterocycles. The maximum Gasteiger partial charge on any atom is 0.326 e. The molecule has 0 bridgehead atoms. The molecule has 29 heavy (non-hydrogen) atoms. The van der Waals surface area contributed by atoms with Gasteiger partial charge in [0, 0.05) is 6.42 Å². The molecule has 0 aliphatic rings. The number of amides is 2. The Hall–Kier alpha value is -2.22. The van der Waals surface area contributed by atoms with Gasteiger partial charge in [0.05, 0.1) is 5.25 Å². The minimum Gasteiger partial charge on any atom is -0.508 e. The highest BCUT2D eigenvalue weighted by atomic mass is 32.1. The second kappa shape index (κ2) is 11.7. The number of carboxylic acids is 1. The van der Waals surface area contributed by atoms with Crippen molar-refractivity contribution < 1.29 is 24.6 Å². The summed E-state index contributed by atoms with van der Waals surface area (Å²) in [5.74, 6) is -2.11. The lowest BCUT2D eigenvalue weighted by Crippen LogP contribution is -2.56. The van der Waals surface area contributed by atoms with Gasteiger partial charge in [-0.15, -0.1) is 0 Å². The first-order chi connectivity index (χ1) is 13.6. The van der Waals surface area contributed by atoms with Gasteiger partial charge < -0.3 is 20.8 Å². The van der Waals surface area contributed by atoms with E-state index in [4.69, 9.17) is 0 Å². The van der Waals surface area contributed by atoms with Crippen LogP contribution in [0.1, 0.15) is 46.1 Å². The summed E-state index contributed by atoms with van der Waals surface area (Å²) in [6.07, 6.45) is 1.47. The van der Waals surface area contributed by atoms with Gasteiger partial charge in [0.15, 0.2) is 0 Å². The van der Waals surface area contributed by atoms with Crippen LogP contribution in [0.4, 0.5) is 0 Å². The van der Waals surface area contributed by atoms with Crippen molar-refractivity contribution in [2.75, 3.05) is 0 Å². The second-order valence-electron chi connectivity index (χ2n) is 7.47. The smallest absolute Gasteiger partial charge is 0.326 e. The number of carboxylic acid groups (broad SMARTS) is 1. The Morgan fingerprint density at radius 2 is 1.52 bits per heavy atom. The fraction of sp³-hybridized carbons (Fsp3) is 0.571. The lowest BCUT2D eigenvalue weighted by molar-refractivity contribution is -0.142. The maximum atomic E-state index is 12.8. The predicted octanol–water partition coefficient (Wildman–Crippen LogP) is 2.38. The van der Waals surface area contributed by atoms with Gasteiger partial charge in [-0.2, -0.15) is 12.6 Å². The van der Waals surface area contributed by atoms with Crippen LogP contribution < -0.4 is 10.6 Å². The number of phenolic OH excluding ortho intramolecular Hbond substituents is 1. The molecule has 0 aliphatic heterocycles. The lowest BCUT2D eigenvalue weighted by atomic mass is 9.96. The van der Waals surface area contributed by atoms with Crippen molar-refractivity contribution in [3.8, 4) is 5.75 Å². The first kappa shape index (κ1) is 24.8. The zero-order valence-electron chi connectivity index (χ0n) is 17.4. The van der Waals surface area contributed by atoms with E-state index >= 15 is 0 Å². The summed E-state index contributed by atoms with van der Waals surface area (Å²) in [5.41, 5.74) is 0.659. The minimum absolute atomic E-state index is 0.0419. The Balaban J connectivity index is 2.91. The van der Waals surface area contributed by atoms with Crippen LogP contribution in [0, 0.1) is 11.8 Å². The molecule has 0 spiro atoms. The van der Waals surface area contributed by atoms with Crippen molar-refractivity contribution in [2.45, 2.75) is 64.3 Å². The molecule has 5 atom stereocenters. The zero-order valence-corrected chi connectivity index (χ0v) is 18.3. The van der Waals surface area contributed by atoms with Crippen molar-refractivity contribution in [3.63, 3.8) is 0 Å². The number of aromatic hydroxyl groups is 1. The summed E-state index contributed by atoms with van der Waals surface area (Å²) in [6.45, 7) is 7.60. The highest BCUT2D eigenvalue weighted by Crippen LogP contribution is 2.16. The van der Waals surface area contributed by atoms with Gasteiger partial charge in [0.2, 0.25) is 11.8 Å². The van der Waals surface area contributed by atoms with Gasteiger partial charge in [-0.25, -0.2) is 4.79 Å². The predicted molar refractivity (Wildman–Crippen MR) is 115 cm³/mol. The summed E-state index contributed by atoms with van der Waals surface area (Å²) in [4.78, 5) is 37.0. The summed E-state index contributed by atoms with van der Waals surface area (Å²) in [5, 5.41) is 23.6. The van der Waals surface area contributed by atoms with E-state index in [9.17, 15) is 24.6 Å². The number of hydrogen-bond acceptors (Lipinski definition) is 5. The number of nitrogens with one attached hydrogen (secondary N) is 2. The van der Waals surface area contributed by atoms with Gasteiger partial charge in [0.25, 0.3) is 0 Å². The third-order valence-corrected chi connectivity index (χ3v) is 5.98. The molecule has 1 aromatic carbocycles. The molecular formula is C21H32N2O5S. The molecule has 7 nitrogen and oxygen atoms in total. The van der Waals surface area contributed by atoms with E-state index in [1.165, 1.54) is 12.1 Å². The SMILES string of the molecule is CCC(C)C(S)C(=O)N[C@H](C(=O)N[C@@H](Cc1ccc(O)cc1)C(=O)O)[C@@H](C)CC. The van der Waals surface area contributed by atoms with E-state index < -0.39 is 29.2 Å². The van der Waals surface area contributed by atoms with Gasteiger partial charge >= 0.3 is 5.97 Å². The van der Waals surface area contributed by atoms with E-state index in [0.717, 1.165) is 6.42 Å². The van der Waals surface area contributed by atoms with Crippen LogP contribution >= 0.6 is 12.6 Å². The standard InChI is InChI=1S/C21H32N2O5S/c1-5-12(3)17(23-20(26)18(29)13(4)6-2)19(25)22-16(21(27)28)11-14-7-9-15(24)10-8-14/h7-10,12-13,16-18,24,29H,5-6,11H2,1-4H3,(H,22,25)(H,23,26)(H,27,28)/t12-,13?,16-,17-,18?/m0/s1. The molecule has 0 fully saturated rings. The van der Waals surface area contributed by atoms with Crippen molar-refractivity contribution in [3.05, 3.63) is 29.8 Å². The van der Waals surface area contributed by atoms with Crippen LogP contribution in [0.15, 0.2) is 24.3 Å². The minimum atomic E-state index is -1.17. The molecule has 0 saturated heterocycles. The molecule has 0 aromatic heterocycles. The van der Waals surface area contributed by atoms with E-state index in [1.54, 1.807) is 12.1 Å². The van der Waals surface area contributed by atoms with Crippen LogP contribution in [0.25, 0.3) is 0 Å². The lowest BCUT2D eigenvalue weighted by Gasteiger charge is -2.27. The summed E-state index contributed by atoms with van der Waals surface area (Å²) < 4.78 is 0. The van der Waals surface area contributed by atoms with Gasteiger partial charge in [-0.3, -0.25) is 9.59 Å². The first-order valence-corrected chi connectivity index (χ1v) is 10.4. The van der Waals surface area contributed by atoms with Crippen molar-refractivity contribution >= 4 is 30.4 Å². The second-order valence-corrected chi connectivity index (χ2v) is 8.03. The maximum absolute atomic E-state index is 12.8. The monoisotopic (exact) mass is 424 g/mol. The summed E-state index contributed by atoms with van der Waals surface area (Å²) in [6, 6.07) is 4.11. The molecule has 2 amide bonds. The Kier molecular flexibility index (Phi) is 10.0. The average Bonchev–Trinajstić information content (AvgIpc) is 2.70. The number of hydrogen-bond donors (Lipinski definition) is 5. The number of aliphatic carboxylic acids is 1. The fourth-order valence-corrected chi connectivity index (χ4v) is 3.04. The fourth-order valence-electron chi connectivity index (χ4n) is 2.75. The third kappa shape index (κ3) is 7.61. The first-order valence-electron chi connectivity index (χ1n) is 9.90. The Labute approximate surface area is 177 Å².